The maximum absolute atomic E-state index is 5.48. The fourth-order valence-electron chi connectivity index (χ4n) is 2.90. The van der Waals surface area contributed by atoms with E-state index in [1.807, 2.05) is 30.1 Å². The number of aryl methyl sites for hydroxylation is 1. The predicted molar refractivity (Wildman–Crippen MR) is 106 cm³/mol. The minimum absolute atomic E-state index is 0.570. The van der Waals surface area contributed by atoms with Crippen molar-refractivity contribution in [2.45, 2.75) is 4.90 Å². The molecule has 6 heteroatoms. The van der Waals surface area contributed by atoms with Crippen LogP contribution in [-0.2, 0) is 7.05 Å². The molecule has 2 aromatic carbocycles. The van der Waals surface area contributed by atoms with Gasteiger partial charge in [0.05, 0.1) is 21.3 Å². The summed E-state index contributed by atoms with van der Waals surface area (Å²) < 4.78 is 18.2. The van der Waals surface area contributed by atoms with Gasteiger partial charge in [0.15, 0.2) is 11.5 Å². The molecule has 26 heavy (non-hydrogen) atoms. The molecule has 0 bridgehead atoms. The zero-order chi connectivity index (χ0) is 18.7. The summed E-state index contributed by atoms with van der Waals surface area (Å²) in [5.74, 6) is 1.79. The van der Waals surface area contributed by atoms with Gasteiger partial charge in [-0.2, -0.15) is 5.10 Å². The van der Waals surface area contributed by atoms with Gasteiger partial charge in [0.25, 0.3) is 0 Å². The number of methoxy groups -OCH3 is 3. The molecule has 0 aliphatic rings. The molecule has 0 fully saturated rings. The Hall–Kier alpha value is -2.60. The number of ether oxygens (including phenoxy) is 3. The molecule has 5 nitrogen and oxygen atoms in total. The van der Waals surface area contributed by atoms with Gasteiger partial charge in [-0.3, -0.25) is 4.68 Å². The second-order valence-corrected chi connectivity index (χ2v) is 6.59. The summed E-state index contributed by atoms with van der Waals surface area (Å²) in [5, 5.41) is 4.67. The van der Waals surface area contributed by atoms with Crippen molar-refractivity contribution in [3.05, 3.63) is 42.6 Å². The van der Waals surface area contributed by atoms with Crippen LogP contribution in [0, 0.1) is 0 Å². The molecular weight excluding hydrogens is 348 g/mol. The lowest BCUT2D eigenvalue weighted by atomic mass is 10.0. The molecule has 136 valence electrons. The van der Waals surface area contributed by atoms with Crippen LogP contribution in [0.5, 0.6) is 17.2 Å². The maximum atomic E-state index is 5.48. The van der Waals surface area contributed by atoms with E-state index in [1.165, 1.54) is 4.90 Å². The van der Waals surface area contributed by atoms with Crippen molar-refractivity contribution in [2.24, 2.45) is 7.05 Å². The molecule has 1 aromatic heterocycles. The highest BCUT2D eigenvalue weighted by atomic mass is 32.2. The minimum atomic E-state index is 0.570. The van der Waals surface area contributed by atoms with Crippen LogP contribution in [0.2, 0.25) is 0 Å². The van der Waals surface area contributed by atoms with E-state index < -0.39 is 0 Å². The largest absolute Gasteiger partial charge is 0.493 e. The van der Waals surface area contributed by atoms with Gasteiger partial charge < -0.3 is 14.2 Å². The predicted octanol–water partition coefficient (Wildman–Crippen LogP) is 4.50. The van der Waals surface area contributed by atoms with Crippen molar-refractivity contribution in [3.8, 4) is 39.6 Å². The standard InChI is InChI=1S/C20H22N2O3S/c1-22-12-16(13-6-8-15(26-5)9-7-13)19(21-22)14-10-17(23-2)20(25-4)18(11-14)24-3/h6-12H,1-5H3. The minimum Gasteiger partial charge on any atom is -0.493 e. The lowest BCUT2D eigenvalue weighted by Gasteiger charge is -2.14. The Morgan fingerprint density at radius 1 is 0.885 bits per heavy atom. The third-order valence-corrected chi connectivity index (χ3v) is 4.91. The summed E-state index contributed by atoms with van der Waals surface area (Å²) in [6.45, 7) is 0. The van der Waals surface area contributed by atoms with Crippen LogP contribution < -0.4 is 14.2 Å². The van der Waals surface area contributed by atoms with Crippen molar-refractivity contribution in [1.82, 2.24) is 9.78 Å². The monoisotopic (exact) mass is 370 g/mol. The van der Waals surface area contributed by atoms with Crippen molar-refractivity contribution in [2.75, 3.05) is 27.6 Å². The molecule has 0 aliphatic heterocycles. The highest BCUT2D eigenvalue weighted by Crippen LogP contribution is 2.42. The lowest BCUT2D eigenvalue weighted by molar-refractivity contribution is 0.324. The molecule has 0 radical (unpaired) electrons. The van der Waals surface area contributed by atoms with Gasteiger partial charge >= 0.3 is 0 Å². The summed E-state index contributed by atoms with van der Waals surface area (Å²) in [6.07, 6.45) is 4.09. The molecule has 0 saturated heterocycles. The van der Waals surface area contributed by atoms with Crippen LogP contribution >= 0.6 is 11.8 Å². The Labute approximate surface area is 157 Å². The SMILES string of the molecule is COc1cc(-c2nn(C)cc2-c2ccc(SC)cc2)cc(OC)c1OC. The molecule has 0 saturated carbocycles. The zero-order valence-corrected chi connectivity index (χ0v) is 16.4. The van der Waals surface area contributed by atoms with Crippen molar-refractivity contribution in [3.63, 3.8) is 0 Å². The Morgan fingerprint density at radius 2 is 1.50 bits per heavy atom. The summed E-state index contributed by atoms with van der Waals surface area (Å²) in [4.78, 5) is 1.23. The molecule has 1 heterocycles. The summed E-state index contributed by atoms with van der Waals surface area (Å²) in [7, 11) is 6.74. The van der Waals surface area contributed by atoms with Gasteiger partial charge in [0.2, 0.25) is 5.75 Å². The highest BCUT2D eigenvalue weighted by Gasteiger charge is 2.18. The number of hydrogen-bond acceptors (Lipinski definition) is 5. The van der Waals surface area contributed by atoms with E-state index in [0.29, 0.717) is 17.2 Å². The lowest BCUT2D eigenvalue weighted by Crippen LogP contribution is -1.96. The smallest absolute Gasteiger partial charge is 0.203 e. The second-order valence-electron chi connectivity index (χ2n) is 5.71. The number of thioether (sulfide) groups is 1. The molecule has 0 amide bonds. The van der Waals surface area contributed by atoms with E-state index >= 15 is 0 Å². The Balaban J connectivity index is 2.15. The Bertz CT molecular complexity index is 879. The molecule has 3 rings (SSSR count). The van der Waals surface area contributed by atoms with Gasteiger partial charge in [-0.25, -0.2) is 0 Å². The molecule has 0 unspecified atom stereocenters. The third-order valence-electron chi connectivity index (χ3n) is 4.17. The van der Waals surface area contributed by atoms with Gasteiger partial charge in [0, 0.05) is 29.3 Å². The van der Waals surface area contributed by atoms with Crippen LogP contribution in [0.1, 0.15) is 0 Å². The van der Waals surface area contributed by atoms with Crippen molar-refractivity contribution < 1.29 is 14.2 Å². The number of rotatable bonds is 6. The van der Waals surface area contributed by atoms with Crippen LogP contribution in [0.4, 0.5) is 0 Å². The fourth-order valence-corrected chi connectivity index (χ4v) is 3.31. The van der Waals surface area contributed by atoms with Gasteiger partial charge in [-0.15, -0.1) is 11.8 Å². The van der Waals surface area contributed by atoms with E-state index in [0.717, 1.165) is 22.4 Å². The van der Waals surface area contributed by atoms with Crippen molar-refractivity contribution >= 4 is 11.8 Å². The first-order valence-corrected chi connectivity index (χ1v) is 9.32. The Kier molecular flexibility index (Phi) is 5.42. The number of hydrogen-bond donors (Lipinski definition) is 0. The second kappa shape index (κ2) is 7.74. The molecule has 0 N–H and O–H groups in total. The van der Waals surface area contributed by atoms with Gasteiger partial charge in [0.1, 0.15) is 5.69 Å². The fraction of sp³-hybridized carbons (Fsp3) is 0.250. The zero-order valence-electron chi connectivity index (χ0n) is 15.6. The van der Waals surface area contributed by atoms with E-state index in [-0.39, 0.29) is 0 Å². The first-order chi connectivity index (χ1) is 12.6. The summed E-state index contributed by atoms with van der Waals surface area (Å²) in [5.41, 5.74) is 3.93. The maximum Gasteiger partial charge on any atom is 0.203 e. The Morgan fingerprint density at radius 3 is 2.00 bits per heavy atom. The normalized spacial score (nSPS) is 10.7. The van der Waals surface area contributed by atoms with Gasteiger partial charge in [-0.1, -0.05) is 12.1 Å². The summed E-state index contributed by atoms with van der Waals surface area (Å²) >= 11 is 1.72. The van der Waals surface area contributed by atoms with Crippen LogP contribution in [0.25, 0.3) is 22.4 Å². The number of nitrogens with zero attached hydrogens (tertiary/aromatic N) is 2. The third kappa shape index (κ3) is 3.37. The first-order valence-electron chi connectivity index (χ1n) is 8.09. The number of benzene rings is 2. The molecule has 0 aliphatic carbocycles. The van der Waals surface area contributed by atoms with Gasteiger partial charge in [-0.05, 0) is 36.1 Å². The highest BCUT2D eigenvalue weighted by molar-refractivity contribution is 7.98. The van der Waals surface area contributed by atoms with Crippen LogP contribution in [0.15, 0.2) is 47.5 Å². The number of aromatic nitrogens is 2. The van der Waals surface area contributed by atoms with E-state index in [1.54, 1.807) is 33.1 Å². The molecule has 3 aromatic rings. The van der Waals surface area contributed by atoms with Crippen LogP contribution in [-0.4, -0.2) is 37.4 Å². The van der Waals surface area contributed by atoms with Crippen LogP contribution in [0.3, 0.4) is 0 Å². The quantitative estimate of drug-likeness (QED) is 0.598. The average Bonchev–Trinajstić information content (AvgIpc) is 3.08. The van der Waals surface area contributed by atoms with E-state index in [4.69, 9.17) is 14.2 Å². The molecule has 0 spiro atoms. The average molecular weight is 370 g/mol. The molecular formula is C20H22N2O3S. The first kappa shape index (κ1) is 18.2. The van der Waals surface area contributed by atoms with E-state index in [2.05, 4.69) is 35.6 Å². The van der Waals surface area contributed by atoms with E-state index in [9.17, 15) is 0 Å². The van der Waals surface area contributed by atoms with Crippen molar-refractivity contribution in [1.29, 1.82) is 0 Å². The molecule has 0 atom stereocenters. The topological polar surface area (TPSA) is 45.5 Å². The summed E-state index contributed by atoms with van der Waals surface area (Å²) in [6, 6.07) is 12.3.